The third-order valence-corrected chi connectivity index (χ3v) is 4.35. The van der Waals surface area contributed by atoms with Crippen LogP contribution in [0.3, 0.4) is 0 Å². The highest BCUT2D eigenvalue weighted by atomic mass is 16.4. The first-order valence-corrected chi connectivity index (χ1v) is 7.71. The molecule has 3 heterocycles. The number of anilines is 1. The standard InChI is InChI=1S/C16H20N4O3/c1-3-19-10-12(16(22)23)15(21)11-9-17-14(8-13(11)19)20-6-4-18(2)5-7-20/h8-10H,3-7H2,1-2H3,(H,22,23). The molecule has 122 valence electrons. The lowest BCUT2D eigenvalue weighted by atomic mass is 10.1. The van der Waals surface area contributed by atoms with Gasteiger partial charge in [-0.25, -0.2) is 9.78 Å². The number of hydrogen-bond donors (Lipinski definition) is 1. The predicted octanol–water partition coefficient (Wildman–Crippen LogP) is 0.866. The van der Waals surface area contributed by atoms with E-state index in [1.165, 1.54) is 12.4 Å². The normalized spacial score (nSPS) is 16.0. The minimum atomic E-state index is -1.21. The number of hydrogen-bond acceptors (Lipinski definition) is 5. The molecule has 23 heavy (non-hydrogen) atoms. The molecule has 0 atom stereocenters. The van der Waals surface area contributed by atoms with Crippen LogP contribution in [0.2, 0.25) is 0 Å². The van der Waals surface area contributed by atoms with Crippen molar-refractivity contribution in [2.24, 2.45) is 0 Å². The molecule has 0 aliphatic carbocycles. The van der Waals surface area contributed by atoms with E-state index in [0.717, 1.165) is 37.5 Å². The molecule has 0 amide bonds. The molecule has 1 aliphatic rings. The van der Waals surface area contributed by atoms with Crippen molar-refractivity contribution >= 4 is 22.7 Å². The molecule has 7 nitrogen and oxygen atoms in total. The molecule has 2 aromatic heterocycles. The lowest BCUT2D eigenvalue weighted by molar-refractivity contribution is 0.0695. The summed E-state index contributed by atoms with van der Waals surface area (Å²) in [5.74, 6) is -0.377. The summed E-state index contributed by atoms with van der Waals surface area (Å²) < 4.78 is 1.79. The molecule has 0 radical (unpaired) electrons. The molecule has 3 rings (SSSR count). The zero-order valence-corrected chi connectivity index (χ0v) is 13.3. The number of carboxylic acid groups (broad SMARTS) is 1. The van der Waals surface area contributed by atoms with Gasteiger partial charge in [0.2, 0.25) is 5.43 Å². The Labute approximate surface area is 133 Å². The lowest BCUT2D eigenvalue weighted by Crippen LogP contribution is -2.44. The van der Waals surface area contributed by atoms with Gasteiger partial charge >= 0.3 is 5.97 Å². The average molecular weight is 316 g/mol. The van der Waals surface area contributed by atoms with Crippen LogP contribution in [0.25, 0.3) is 10.9 Å². The third-order valence-electron chi connectivity index (χ3n) is 4.35. The van der Waals surface area contributed by atoms with Gasteiger partial charge in [-0.15, -0.1) is 0 Å². The SMILES string of the molecule is CCn1cc(C(=O)O)c(=O)c2cnc(N3CCN(C)CC3)cc21. The highest BCUT2D eigenvalue weighted by molar-refractivity contribution is 5.92. The Hall–Kier alpha value is -2.41. The van der Waals surface area contributed by atoms with E-state index in [1.54, 1.807) is 4.57 Å². The summed E-state index contributed by atoms with van der Waals surface area (Å²) in [6.07, 6.45) is 2.92. The number of aromatic carboxylic acids is 1. The summed E-state index contributed by atoms with van der Waals surface area (Å²) in [6.45, 7) is 6.22. The average Bonchev–Trinajstić information content (AvgIpc) is 2.55. The van der Waals surface area contributed by atoms with Crippen molar-refractivity contribution in [3.8, 4) is 0 Å². The number of carbonyl (C=O) groups is 1. The van der Waals surface area contributed by atoms with E-state index in [4.69, 9.17) is 0 Å². The van der Waals surface area contributed by atoms with Gasteiger partial charge in [-0.1, -0.05) is 0 Å². The van der Waals surface area contributed by atoms with Crippen molar-refractivity contribution in [1.29, 1.82) is 0 Å². The molecule has 0 saturated carbocycles. The maximum atomic E-state index is 12.3. The summed E-state index contributed by atoms with van der Waals surface area (Å²) in [6, 6.07) is 1.89. The summed E-state index contributed by atoms with van der Waals surface area (Å²) in [4.78, 5) is 32.4. The quantitative estimate of drug-likeness (QED) is 0.905. The van der Waals surface area contributed by atoms with Crippen LogP contribution in [-0.2, 0) is 6.54 Å². The molecule has 0 unspecified atom stereocenters. The maximum absolute atomic E-state index is 12.3. The van der Waals surface area contributed by atoms with Crippen LogP contribution in [0.15, 0.2) is 23.3 Å². The first kappa shape index (κ1) is 15.5. The smallest absolute Gasteiger partial charge is 0.341 e. The topological polar surface area (TPSA) is 78.7 Å². The van der Waals surface area contributed by atoms with Gasteiger partial charge in [0.1, 0.15) is 11.4 Å². The monoisotopic (exact) mass is 316 g/mol. The summed E-state index contributed by atoms with van der Waals surface area (Å²) in [7, 11) is 2.09. The molecule has 2 aromatic rings. The van der Waals surface area contributed by atoms with Gasteiger partial charge in [-0.05, 0) is 14.0 Å². The number of likely N-dealkylation sites (N-methyl/N-ethyl adjacent to an activating group) is 1. The Balaban J connectivity index is 2.11. The number of carboxylic acids is 1. The van der Waals surface area contributed by atoms with Crippen LogP contribution < -0.4 is 10.3 Å². The number of nitrogens with zero attached hydrogens (tertiary/aromatic N) is 4. The van der Waals surface area contributed by atoms with E-state index in [1.807, 2.05) is 13.0 Å². The molecule has 1 fully saturated rings. The van der Waals surface area contributed by atoms with Crippen molar-refractivity contribution in [2.75, 3.05) is 38.1 Å². The van der Waals surface area contributed by atoms with E-state index < -0.39 is 11.4 Å². The fraction of sp³-hybridized carbons (Fsp3) is 0.438. The van der Waals surface area contributed by atoms with Crippen molar-refractivity contribution < 1.29 is 9.90 Å². The van der Waals surface area contributed by atoms with Crippen molar-refractivity contribution in [1.82, 2.24) is 14.5 Å². The molecule has 1 aliphatic heterocycles. The van der Waals surface area contributed by atoms with Crippen LogP contribution in [-0.4, -0.2) is 58.8 Å². The fourth-order valence-electron chi connectivity index (χ4n) is 2.90. The van der Waals surface area contributed by atoms with Crippen LogP contribution in [0.4, 0.5) is 5.82 Å². The van der Waals surface area contributed by atoms with Gasteiger partial charge in [-0.2, -0.15) is 0 Å². The largest absolute Gasteiger partial charge is 0.477 e. The number of pyridine rings is 2. The van der Waals surface area contributed by atoms with Crippen molar-refractivity contribution in [3.05, 3.63) is 34.2 Å². The van der Waals surface area contributed by atoms with E-state index in [0.29, 0.717) is 11.9 Å². The molecule has 0 spiro atoms. The van der Waals surface area contributed by atoms with Crippen LogP contribution in [0, 0.1) is 0 Å². The Kier molecular flexibility index (Phi) is 4.04. The van der Waals surface area contributed by atoms with Gasteiger partial charge < -0.3 is 19.5 Å². The first-order valence-electron chi connectivity index (χ1n) is 7.71. The minimum Gasteiger partial charge on any atom is -0.477 e. The third kappa shape index (κ3) is 2.79. The molecule has 0 aromatic carbocycles. The second kappa shape index (κ2) is 6.00. The van der Waals surface area contributed by atoms with E-state index in [2.05, 4.69) is 21.8 Å². The number of piperazine rings is 1. The van der Waals surface area contributed by atoms with Gasteiger partial charge in [0.05, 0.1) is 10.9 Å². The molecule has 0 bridgehead atoms. The summed E-state index contributed by atoms with van der Waals surface area (Å²) in [5.41, 5.74) is 0.0366. The maximum Gasteiger partial charge on any atom is 0.341 e. The van der Waals surface area contributed by atoms with Crippen LogP contribution in [0.1, 0.15) is 17.3 Å². The van der Waals surface area contributed by atoms with Crippen LogP contribution >= 0.6 is 0 Å². The van der Waals surface area contributed by atoms with Crippen LogP contribution in [0.5, 0.6) is 0 Å². The first-order chi connectivity index (χ1) is 11.0. The predicted molar refractivity (Wildman–Crippen MR) is 88.3 cm³/mol. The van der Waals surface area contributed by atoms with Crippen molar-refractivity contribution in [2.45, 2.75) is 13.5 Å². The summed E-state index contributed by atoms with van der Waals surface area (Å²) >= 11 is 0. The Morgan fingerprint density at radius 2 is 2.00 bits per heavy atom. The van der Waals surface area contributed by atoms with Gasteiger partial charge in [0, 0.05) is 51.2 Å². The molecule has 1 saturated heterocycles. The molecule has 7 heteroatoms. The molecular weight excluding hydrogens is 296 g/mol. The number of fused-ring (bicyclic) bond motifs is 1. The van der Waals surface area contributed by atoms with Gasteiger partial charge in [0.25, 0.3) is 0 Å². The second-order valence-corrected chi connectivity index (χ2v) is 5.81. The highest BCUT2D eigenvalue weighted by Crippen LogP contribution is 2.19. The van der Waals surface area contributed by atoms with Gasteiger partial charge in [0.15, 0.2) is 0 Å². The van der Waals surface area contributed by atoms with E-state index in [9.17, 15) is 14.7 Å². The zero-order chi connectivity index (χ0) is 16.6. The Morgan fingerprint density at radius 1 is 1.30 bits per heavy atom. The van der Waals surface area contributed by atoms with Gasteiger partial charge in [-0.3, -0.25) is 4.79 Å². The Morgan fingerprint density at radius 3 is 2.61 bits per heavy atom. The lowest BCUT2D eigenvalue weighted by Gasteiger charge is -2.33. The van der Waals surface area contributed by atoms with E-state index in [-0.39, 0.29) is 5.56 Å². The second-order valence-electron chi connectivity index (χ2n) is 5.81. The Bertz CT molecular complexity index is 807. The number of rotatable bonds is 3. The summed E-state index contributed by atoms with van der Waals surface area (Å²) in [5, 5.41) is 9.53. The number of aryl methyl sites for hydroxylation is 1. The molecular formula is C16H20N4O3. The van der Waals surface area contributed by atoms with Crippen molar-refractivity contribution in [3.63, 3.8) is 0 Å². The minimum absolute atomic E-state index is 0.214. The number of aromatic nitrogens is 2. The highest BCUT2D eigenvalue weighted by Gasteiger charge is 2.18. The fourth-order valence-corrected chi connectivity index (χ4v) is 2.90. The zero-order valence-electron chi connectivity index (χ0n) is 13.3. The van der Waals surface area contributed by atoms with E-state index >= 15 is 0 Å². The molecule has 1 N–H and O–H groups in total.